The maximum atomic E-state index is 10.4. The summed E-state index contributed by atoms with van der Waals surface area (Å²) >= 11 is 0. The van der Waals surface area contributed by atoms with E-state index in [4.69, 9.17) is 14.2 Å². The molecule has 2 fully saturated rings. The van der Waals surface area contributed by atoms with Crippen molar-refractivity contribution in [2.75, 3.05) is 19.8 Å². The largest absolute Gasteiger partial charge is 0.465 e. The van der Waals surface area contributed by atoms with Crippen LogP contribution >= 0.6 is 0 Å². The lowest BCUT2D eigenvalue weighted by molar-refractivity contribution is -0.167. The summed E-state index contributed by atoms with van der Waals surface area (Å²) in [5, 5.41) is 3.07. The summed E-state index contributed by atoms with van der Waals surface area (Å²) in [7, 11) is 0. The molecule has 16 heavy (non-hydrogen) atoms. The van der Waals surface area contributed by atoms with Crippen LogP contribution in [-0.4, -0.2) is 44.5 Å². The lowest BCUT2D eigenvalue weighted by Crippen LogP contribution is -2.50. The number of carbonyl (C=O) groups is 2. The van der Waals surface area contributed by atoms with Crippen LogP contribution in [0.2, 0.25) is 0 Å². The van der Waals surface area contributed by atoms with Gasteiger partial charge in [0.25, 0.3) is 12.9 Å². The van der Waals surface area contributed by atoms with Crippen molar-refractivity contribution < 1.29 is 23.8 Å². The van der Waals surface area contributed by atoms with Gasteiger partial charge in [-0.15, -0.1) is 0 Å². The van der Waals surface area contributed by atoms with Crippen LogP contribution < -0.4 is 5.32 Å². The number of rotatable bonds is 5. The molecule has 0 bridgehead atoms. The van der Waals surface area contributed by atoms with Crippen molar-refractivity contribution in [3.8, 4) is 0 Å². The minimum atomic E-state index is -0.721. The molecule has 0 saturated carbocycles. The van der Waals surface area contributed by atoms with Gasteiger partial charge in [0.05, 0.1) is 6.61 Å². The van der Waals surface area contributed by atoms with Gasteiger partial charge in [-0.25, -0.2) is 0 Å². The molecule has 6 nitrogen and oxygen atoms in total. The summed E-state index contributed by atoms with van der Waals surface area (Å²) < 4.78 is 15.5. The number of nitrogens with one attached hydrogen (secondary N) is 1. The van der Waals surface area contributed by atoms with Crippen molar-refractivity contribution in [2.45, 2.75) is 18.8 Å². The first-order valence-electron chi connectivity index (χ1n) is 5.26. The van der Waals surface area contributed by atoms with Gasteiger partial charge >= 0.3 is 0 Å². The third-order valence-corrected chi connectivity index (χ3v) is 3.47. The average Bonchev–Trinajstić information content (AvgIpc) is 2.78. The van der Waals surface area contributed by atoms with Gasteiger partial charge in [-0.05, 0) is 5.92 Å². The molecule has 2 aliphatic heterocycles. The molecule has 0 spiro atoms. The zero-order valence-electron chi connectivity index (χ0n) is 9.05. The van der Waals surface area contributed by atoms with E-state index in [9.17, 15) is 9.59 Å². The normalized spacial score (nSPS) is 41.4. The van der Waals surface area contributed by atoms with Crippen LogP contribution in [0.4, 0.5) is 0 Å². The third-order valence-electron chi connectivity index (χ3n) is 3.47. The minimum Gasteiger partial charge on any atom is -0.465 e. The van der Waals surface area contributed by atoms with Gasteiger partial charge in [0.1, 0.15) is 6.61 Å². The Bertz CT molecular complexity index is 284. The Morgan fingerprint density at radius 2 is 2.31 bits per heavy atom. The molecule has 0 aliphatic carbocycles. The van der Waals surface area contributed by atoms with Crippen molar-refractivity contribution in [3.05, 3.63) is 0 Å². The maximum Gasteiger partial charge on any atom is 0.294 e. The average molecular weight is 229 g/mol. The zero-order valence-corrected chi connectivity index (χ0v) is 9.05. The highest BCUT2D eigenvalue weighted by Gasteiger charge is 2.59. The minimum absolute atomic E-state index is 0.108. The van der Waals surface area contributed by atoms with E-state index in [-0.39, 0.29) is 12.5 Å². The Kier molecular flexibility index (Phi) is 3.11. The van der Waals surface area contributed by atoms with E-state index in [1.807, 2.05) is 0 Å². The molecule has 2 heterocycles. The van der Waals surface area contributed by atoms with Crippen molar-refractivity contribution in [3.63, 3.8) is 0 Å². The van der Waals surface area contributed by atoms with Gasteiger partial charge in [0.2, 0.25) is 0 Å². The molecule has 2 saturated heterocycles. The van der Waals surface area contributed by atoms with E-state index in [2.05, 4.69) is 12.2 Å². The first-order chi connectivity index (χ1) is 7.74. The summed E-state index contributed by atoms with van der Waals surface area (Å²) in [6, 6.07) is 0. The van der Waals surface area contributed by atoms with Gasteiger partial charge in [-0.1, -0.05) is 6.92 Å². The molecule has 90 valence electrons. The van der Waals surface area contributed by atoms with Gasteiger partial charge in [0, 0.05) is 12.5 Å². The molecule has 0 amide bonds. The van der Waals surface area contributed by atoms with Crippen molar-refractivity contribution >= 4 is 12.9 Å². The molecule has 0 radical (unpaired) electrons. The summed E-state index contributed by atoms with van der Waals surface area (Å²) in [6.07, 6.45) is -0.542. The molecule has 6 heteroatoms. The lowest BCUT2D eigenvalue weighted by Gasteiger charge is -2.31. The molecule has 2 rings (SSSR count). The lowest BCUT2D eigenvalue weighted by atomic mass is 9.84. The maximum absolute atomic E-state index is 10.4. The van der Waals surface area contributed by atoms with Crippen LogP contribution in [0.5, 0.6) is 0 Å². The molecule has 0 aromatic rings. The molecule has 0 aromatic carbocycles. The van der Waals surface area contributed by atoms with Crippen molar-refractivity contribution in [1.82, 2.24) is 5.32 Å². The predicted molar refractivity (Wildman–Crippen MR) is 52.3 cm³/mol. The second-order valence-corrected chi connectivity index (χ2v) is 4.28. The molecule has 1 unspecified atom stereocenters. The highest BCUT2D eigenvalue weighted by atomic mass is 16.6. The third kappa shape index (κ3) is 1.58. The van der Waals surface area contributed by atoms with E-state index < -0.39 is 11.8 Å². The fourth-order valence-electron chi connectivity index (χ4n) is 2.65. The number of carbonyl (C=O) groups excluding carboxylic acids is 2. The fourth-order valence-corrected chi connectivity index (χ4v) is 2.65. The zero-order chi connectivity index (χ0) is 11.6. The smallest absolute Gasteiger partial charge is 0.294 e. The molecule has 1 N–H and O–H groups in total. The Morgan fingerprint density at radius 3 is 3.00 bits per heavy atom. The quantitative estimate of drug-likeness (QED) is 0.627. The summed E-state index contributed by atoms with van der Waals surface area (Å²) in [6.45, 7) is 4.23. The van der Waals surface area contributed by atoms with E-state index in [0.29, 0.717) is 32.0 Å². The van der Waals surface area contributed by atoms with Gasteiger partial charge in [-0.3, -0.25) is 14.9 Å². The number of fused-ring (bicyclic) bond motifs is 1. The van der Waals surface area contributed by atoms with Crippen molar-refractivity contribution in [2.24, 2.45) is 11.8 Å². The first kappa shape index (κ1) is 11.3. The Labute approximate surface area is 93.2 Å². The van der Waals surface area contributed by atoms with Crippen LogP contribution in [0.1, 0.15) is 6.92 Å². The van der Waals surface area contributed by atoms with Gasteiger partial charge in [0.15, 0.2) is 11.8 Å². The van der Waals surface area contributed by atoms with Crippen LogP contribution in [0.3, 0.4) is 0 Å². The fraction of sp³-hybridized carbons (Fsp3) is 0.800. The molecule has 2 aliphatic rings. The second-order valence-electron chi connectivity index (χ2n) is 4.28. The topological polar surface area (TPSA) is 73.9 Å². The molecule has 4 atom stereocenters. The summed E-state index contributed by atoms with van der Waals surface area (Å²) in [5.74, 6) is 0.542. The number of ether oxygens (including phenoxy) is 3. The SMILES string of the molecule is C[C@@H]1CO[C@]2(COC=O)C1CN[C@H]2OC=O. The van der Waals surface area contributed by atoms with E-state index in [1.54, 1.807) is 0 Å². The molecular weight excluding hydrogens is 214 g/mol. The molecular formula is C10H15NO5. The number of hydrogen-bond donors (Lipinski definition) is 1. The van der Waals surface area contributed by atoms with E-state index in [1.165, 1.54) is 0 Å². The van der Waals surface area contributed by atoms with Crippen LogP contribution in [-0.2, 0) is 23.8 Å². The van der Waals surface area contributed by atoms with Crippen LogP contribution in [0.15, 0.2) is 0 Å². The van der Waals surface area contributed by atoms with E-state index >= 15 is 0 Å². The summed E-state index contributed by atoms with van der Waals surface area (Å²) in [5.41, 5.74) is -0.721. The van der Waals surface area contributed by atoms with Gasteiger partial charge < -0.3 is 14.2 Å². The van der Waals surface area contributed by atoms with E-state index in [0.717, 1.165) is 0 Å². The summed E-state index contributed by atoms with van der Waals surface area (Å²) in [4.78, 5) is 20.7. The van der Waals surface area contributed by atoms with Crippen molar-refractivity contribution in [1.29, 1.82) is 0 Å². The highest BCUT2D eigenvalue weighted by Crippen LogP contribution is 2.42. The standard InChI is InChI=1S/C10H15NO5/c1-7-3-16-10(4-14-5-12)8(7)2-11-9(10)15-6-13/h5-9,11H,2-4H2,1H3/t7-,8?,9+,10-/m1/s1. The van der Waals surface area contributed by atoms with Crippen LogP contribution in [0.25, 0.3) is 0 Å². The first-order valence-corrected chi connectivity index (χ1v) is 5.26. The Hall–Kier alpha value is -1.14. The van der Waals surface area contributed by atoms with Gasteiger partial charge in [-0.2, -0.15) is 0 Å². The van der Waals surface area contributed by atoms with Crippen LogP contribution in [0, 0.1) is 11.8 Å². The second kappa shape index (κ2) is 4.39. The Morgan fingerprint density at radius 1 is 1.50 bits per heavy atom. The number of hydrogen-bond acceptors (Lipinski definition) is 6. The highest BCUT2D eigenvalue weighted by molar-refractivity contribution is 5.39. The predicted octanol–water partition coefficient (Wildman–Crippen LogP) is -0.717. The Balaban J connectivity index is 2.17. The molecule has 0 aromatic heterocycles. The monoisotopic (exact) mass is 229 g/mol.